The van der Waals surface area contributed by atoms with Crippen molar-refractivity contribution in [2.24, 2.45) is 0 Å². The summed E-state index contributed by atoms with van der Waals surface area (Å²) in [6.45, 7) is 0. The lowest BCUT2D eigenvalue weighted by Gasteiger charge is -2.10. The summed E-state index contributed by atoms with van der Waals surface area (Å²) in [6.07, 6.45) is 1.24. The molecule has 0 aliphatic carbocycles. The normalized spacial score (nSPS) is 9.74. The molecule has 0 fully saturated rings. The largest absolute Gasteiger partial charge is 0.367 e. The van der Waals surface area contributed by atoms with Gasteiger partial charge in [-0.15, -0.1) is 0 Å². The Balaban J connectivity index is 2.23. The molecule has 0 saturated carbocycles. The maximum absolute atomic E-state index is 11.0. The molecule has 0 atom stereocenters. The van der Waals surface area contributed by atoms with Crippen molar-refractivity contribution in [1.29, 1.82) is 0 Å². The number of nitrogens with one attached hydrogen (secondary N) is 3. The first-order valence-electron chi connectivity index (χ1n) is 5.46. The zero-order valence-corrected chi connectivity index (χ0v) is 10.1. The minimum Gasteiger partial charge on any atom is -0.367 e. The third-order valence-electron chi connectivity index (χ3n) is 2.34. The highest BCUT2D eigenvalue weighted by Crippen LogP contribution is 2.28. The highest BCUT2D eigenvalue weighted by molar-refractivity contribution is 5.70. The van der Waals surface area contributed by atoms with Crippen LogP contribution in [0.1, 0.15) is 0 Å². The molecule has 0 aliphatic rings. The van der Waals surface area contributed by atoms with Gasteiger partial charge in [0.2, 0.25) is 11.6 Å². The minimum absolute atomic E-state index is 0.0909. The highest BCUT2D eigenvalue weighted by atomic mass is 16.6. The first-order valence-corrected chi connectivity index (χ1v) is 5.46. The standard InChI is InChI=1S/C11H12N6O2/c1-12-10-9(17(18)19)11(14-7-13-10)16-15-8-5-3-2-4-6-8/h2-7,15H,1H3,(H2,12,13,14,16). The van der Waals surface area contributed by atoms with Crippen LogP contribution in [-0.4, -0.2) is 21.9 Å². The van der Waals surface area contributed by atoms with E-state index < -0.39 is 4.92 Å². The van der Waals surface area contributed by atoms with Gasteiger partial charge in [0.15, 0.2) is 0 Å². The van der Waals surface area contributed by atoms with Gasteiger partial charge in [-0.1, -0.05) is 18.2 Å². The van der Waals surface area contributed by atoms with Gasteiger partial charge in [0, 0.05) is 7.05 Å². The summed E-state index contributed by atoms with van der Waals surface area (Å²) in [7, 11) is 1.56. The lowest BCUT2D eigenvalue weighted by molar-refractivity contribution is -0.383. The van der Waals surface area contributed by atoms with Crippen molar-refractivity contribution >= 4 is 23.0 Å². The molecular weight excluding hydrogens is 248 g/mol. The second-order valence-corrected chi connectivity index (χ2v) is 3.54. The molecule has 0 spiro atoms. The van der Waals surface area contributed by atoms with E-state index in [0.717, 1.165) is 5.69 Å². The fourth-order valence-corrected chi connectivity index (χ4v) is 1.48. The second kappa shape index (κ2) is 5.63. The molecule has 0 aliphatic heterocycles. The number of aromatic nitrogens is 2. The molecular formula is C11H12N6O2. The molecule has 3 N–H and O–H groups in total. The van der Waals surface area contributed by atoms with Crippen LogP contribution in [0.5, 0.6) is 0 Å². The lowest BCUT2D eigenvalue weighted by atomic mass is 10.3. The SMILES string of the molecule is CNc1ncnc(NNc2ccccc2)c1[N+](=O)[O-]. The van der Waals surface area contributed by atoms with Crippen LogP contribution in [0.25, 0.3) is 0 Å². The Morgan fingerprint density at radius 3 is 2.42 bits per heavy atom. The number of rotatable bonds is 5. The number of nitro groups is 1. The summed E-state index contributed by atoms with van der Waals surface area (Å²) >= 11 is 0. The fourth-order valence-electron chi connectivity index (χ4n) is 1.48. The Bertz CT molecular complexity index is 575. The van der Waals surface area contributed by atoms with E-state index in [2.05, 4.69) is 26.1 Å². The van der Waals surface area contributed by atoms with Crippen molar-refractivity contribution < 1.29 is 4.92 Å². The molecule has 1 aromatic heterocycles. The van der Waals surface area contributed by atoms with Crippen LogP contribution in [-0.2, 0) is 0 Å². The van der Waals surface area contributed by atoms with E-state index in [1.54, 1.807) is 7.05 Å². The van der Waals surface area contributed by atoms with Crippen LogP contribution in [0.4, 0.5) is 23.0 Å². The maximum Gasteiger partial charge on any atom is 0.354 e. The molecule has 8 nitrogen and oxygen atoms in total. The summed E-state index contributed by atoms with van der Waals surface area (Å²) in [5.74, 6) is 0.241. The van der Waals surface area contributed by atoms with Crippen molar-refractivity contribution in [2.45, 2.75) is 0 Å². The summed E-state index contributed by atoms with van der Waals surface area (Å²) in [5, 5.41) is 13.7. The number of anilines is 3. The van der Waals surface area contributed by atoms with Gasteiger partial charge in [-0.05, 0) is 12.1 Å². The van der Waals surface area contributed by atoms with Crippen LogP contribution < -0.4 is 16.2 Å². The van der Waals surface area contributed by atoms with E-state index in [0.29, 0.717) is 0 Å². The van der Waals surface area contributed by atoms with E-state index in [1.165, 1.54) is 6.33 Å². The van der Waals surface area contributed by atoms with Gasteiger partial charge in [-0.2, -0.15) is 0 Å². The van der Waals surface area contributed by atoms with Crippen LogP contribution in [0, 0.1) is 10.1 Å². The van der Waals surface area contributed by atoms with Crippen LogP contribution in [0.2, 0.25) is 0 Å². The molecule has 1 heterocycles. The summed E-state index contributed by atoms with van der Waals surface area (Å²) in [6, 6.07) is 9.20. The molecule has 98 valence electrons. The Kier molecular flexibility index (Phi) is 3.72. The summed E-state index contributed by atoms with van der Waals surface area (Å²) in [5.41, 5.74) is 6.09. The van der Waals surface area contributed by atoms with E-state index in [9.17, 15) is 10.1 Å². The summed E-state index contributed by atoms with van der Waals surface area (Å²) < 4.78 is 0. The first-order chi connectivity index (χ1) is 9.22. The Morgan fingerprint density at radius 1 is 1.11 bits per heavy atom. The molecule has 0 saturated heterocycles. The van der Waals surface area contributed by atoms with Crippen molar-refractivity contribution in [3.63, 3.8) is 0 Å². The average Bonchev–Trinajstić information content (AvgIpc) is 2.45. The van der Waals surface area contributed by atoms with E-state index in [1.807, 2.05) is 30.3 Å². The average molecular weight is 260 g/mol. The zero-order chi connectivity index (χ0) is 13.7. The molecule has 2 aromatic rings. The van der Waals surface area contributed by atoms with Crippen LogP contribution in [0.3, 0.4) is 0 Å². The first kappa shape index (κ1) is 12.6. The van der Waals surface area contributed by atoms with Crippen LogP contribution >= 0.6 is 0 Å². The Labute approximate surface area is 109 Å². The molecule has 0 unspecified atom stereocenters. The monoisotopic (exact) mass is 260 g/mol. The molecule has 0 amide bonds. The number of hydrogen-bond acceptors (Lipinski definition) is 7. The van der Waals surface area contributed by atoms with Gasteiger partial charge in [0.05, 0.1) is 10.6 Å². The van der Waals surface area contributed by atoms with Crippen LogP contribution in [0.15, 0.2) is 36.7 Å². The number of benzene rings is 1. The summed E-state index contributed by atoms with van der Waals surface area (Å²) in [4.78, 5) is 18.1. The molecule has 2 rings (SSSR count). The fraction of sp³-hybridized carbons (Fsp3) is 0.0909. The van der Waals surface area contributed by atoms with Crippen molar-refractivity contribution in [3.05, 3.63) is 46.8 Å². The molecule has 1 aromatic carbocycles. The van der Waals surface area contributed by atoms with Gasteiger partial charge in [0.1, 0.15) is 6.33 Å². The van der Waals surface area contributed by atoms with Gasteiger partial charge in [-0.25, -0.2) is 9.97 Å². The smallest absolute Gasteiger partial charge is 0.354 e. The maximum atomic E-state index is 11.0. The molecule has 0 bridgehead atoms. The van der Waals surface area contributed by atoms with Gasteiger partial charge in [0.25, 0.3) is 0 Å². The molecule has 0 radical (unpaired) electrons. The predicted molar refractivity (Wildman–Crippen MR) is 71.9 cm³/mol. The van der Waals surface area contributed by atoms with Gasteiger partial charge < -0.3 is 5.32 Å². The van der Waals surface area contributed by atoms with Gasteiger partial charge >= 0.3 is 5.69 Å². The number of para-hydroxylation sites is 1. The predicted octanol–water partition coefficient (Wildman–Crippen LogP) is 1.87. The minimum atomic E-state index is -0.541. The topological polar surface area (TPSA) is 105 Å². The van der Waals surface area contributed by atoms with E-state index >= 15 is 0 Å². The quantitative estimate of drug-likeness (QED) is 0.556. The van der Waals surface area contributed by atoms with Crippen molar-refractivity contribution in [3.8, 4) is 0 Å². The Morgan fingerprint density at radius 2 is 1.79 bits per heavy atom. The number of nitrogens with zero attached hydrogens (tertiary/aromatic N) is 3. The van der Waals surface area contributed by atoms with E-state index in [4.69, 9.17) is 0 Å². The lowest BCUT2D eigenvalue weighted by Crippen LogP contribution is -2.13. The highest BCUT2D eigenvalue weighted by Gasteiger charge is 2.21. The number of hydrogen-bond donors (Lipinski definition) is 3. The Hall–Kier alpha value is -2.90. The van der Waals surface area contributed by atoms with Crippen molar-refractivity contribution in [2.75, 3.05) is 23.2 Å². The van der Waals surface area contributed by atoms with Crippen molar-refractivity contribution in [1.82, 2.24) is 9.97 Å². The second-order valence-electron chi connectivity index (χ2n) is 3.54. The van der Waals surface area contributed by atoms with E-state index in [-0.39, 0.29) is 17.3 Å². The van der Waals surface area contributed by atoms with Gasteiger partial charge in [-0.3, -0.25) is 21.0 Å². The molecule has 8 heteroatoms. The molecule has 19 heavy (non-hydrogen) atoms. The zero-order valence-electron chi connectivity index (χ0n) is 10.1. The third-order valence-corrected chi connectivity index (χ3v) is 2.34. The number of hydrazine groups is 1. The third kappa shape index (κ3) is 2.86.